The molecule has 0 spiro atoms. The summed E-state index contributed by atoms with van der Waals surface area (Å²) in [4.78, 5) is 8.87. The summed E-state index contributed by atoms with van der Waals surface area (Å²) >= 11 is 3.58. The van der Waals surface area contributed by atoms with Crippen LogP contribution in [0.15, 0.2) is 41.1 Å². The number of pyridine rings is 1. The number of nitrogens with two attached hydrogens (primary N) is 1. The van der Waals surface area contributed by atoms with Gasteiger partial charge in [-0.1, -0.05) is 15.9 Å². The number of imidazole rings is 1. The molecular formula is C15H15BrN4. The van der Waals surface area contributed by atoms with Gasteiger partial charge in [-0.15, -0.1) is 0 Å². The van der Waals surface area contributed by atoms with Gasteiger partial charge in [-0.2, -0.15) is 0 Å². The van der Waals surface area contributed by atoms with Gasteiger partial charge in [0.2, 0.25) is 0 Å². The summed E-state index contributed by atoms with van der Waals surface area (Å²) in [7, 11) is 0. The highest BCUT2D eigenvalue weighted by Gasteiger charge is 2.17. The molecule has 0 saturated carbocycles. The van der Waals surface area contributed by atoms with Crippen molar-refractivity contribution < 1.29 is 0 Å². The Hall–Kier alpha value is -1.88. The molecule has 0 aliphatic heterocycles. The Bertz CT molecular complexity index is 777. The lowest BCUT2D eigenvalue weighted by molar-refractivity contribution is 0.624. The largest absolute Gasteiger partial charge is 0.399 e. The monoisotopic (exact) mass is 330 g/mol. The van der Waals surface area contributed by atoms with Gasteiger partial charge in [0.15, 0.2) is 0 Å². The molecule has 0 bridgehead atoms. The van der Waals surface area contributed by atoms with Crippen LogP contribution in [0.2, 0.25) is 0 Å². The molecule has 0 aliphatic rings. The fourth-order valence-corrected chi connectivity index (χ4v) is 2.80. The molecule has 0 amide bonds. The third-order valence-corrected chi connectivity index (χ3v) is 3.93. The van der Waals surface area contributed by atoms with E-state index in [1.54, 1.807) is 12.4 Å². The van der Waals surface area contributed by atoms with E-state index in [2.05, 4.69) is 39.3 Å². The molecule has 1 aromatic carbocycles. The van der Waals surface area contributed by atoms with Crippen LogP contribution in [0, 0.1) is 0 Å². The number of halogens is 1. The first-order chi connectivity index (χ1) is 9.58. The maximum Gasteiger partial charge on any atom is 0.142 e. The zero-order valence-corrected chi connectivity index (χ0v) is 12.9. The second-order valence-corrected chi connectivity index (χ2v) is 5.86. The van der Waals surface area contributed by atoms with Crippen molar-refractivity contribution in [2.45, 2.75) is 19.9 Å². The number of aromatic nitrogens is 3. The Labute approximate surface area is 125 Å². The molecule has 0 fully saturated rings. The van der Waals surface area contributed by atoms with Crippen LogP contribution in [-0.4, -0.2) is 14.5 Å². The van der Waals surface area contributed by atoms with E-state index in [1.165, 1.54) is 0 Å². The van der Waals surface area contributed by atoms with Crippen LogP contribution in [0.5, 0.6) is 0 Å². The molecule has 0 radical (unpaired) electrons. The molecule has 5 heteroatoms. The lowest BCUT2D eigenvalue weighted by Gasteiger charge is -2.14. The average Bonchev–Trinajstić information content (AvgIpc) is 2.80. The van der Waals surface area contributed by atoms with E-state index in [0.717, 1.165) is 32.6 Å². The summed E-state index contributed by atoms with van der Waals surface area (Å²) in [5, 5.41) is 0. The van der Waals surface area contributed by atoms with Crippen molar-refractivity contribution >= 4 is 32.7 Å². The summed E-state index contributed by atoms with van der Waals surface area (Å²) in [5.41, 5.74) is 9.61. The van der Waals surface area contributed by atoms with Gasteiger partial charge in [-0.05, 0) is 38.1 Å². The van der Waals surface area contributed by atoms with Crippen LogP contribution in [0.4, 0.5) is 5.69 Å². The first kappa shape index (κ1) is 13.1. The normalized spacial score (nSPS) is 11.4. The number of nitrogens with zero attached hydrogens (tertiary/aromatic N) is 3. The highest BCUT2D eigenvalue weighted by molar-refractivity contribution is 9.10. The van der Waals surface area contributed by atoms with Crippen molar-refractivity contribution in [3.63, 3.8) is 0 Å². The molecule has 2 N–H and O–H groups in total. The maximum absolute atomic E-state index is 5.92. The fraction of sp³-hybridized carbons (Fsp3) is 0.200. The van der Waals surface area contributed by atoms with Gasteiger partial charge in [0.05, 0.1) is 11.7 Å². The quantitative estimate of drug-likeness (QED) is 0.722. The molecule has 102 valence electrons. The Kier molecular flexibility index (Phi) is 3.22. The second kappa shape index (κ2) is 4.90. The third-order valence-electron chi connectivity index (χ3n) is 3.24. The summed E-state index contributed by atoms with van der Waals surface area (Å²) in [6.45, 7) is 4.29. The van der Waals surface area contributed by atoms with Crippen molar-refractivity contribution in [1.82, 2.24) is 14.5 Å². The molecule has 20 heavy (non-hydrogen) atoms. The van der Waals surface area contributed by atoms with Gasteiger partial charge < -0.3 is 10.3 Å². The molecule has 2 heterocycles. The molecule has 0 unspecified atom stereocenters. The van der Waals surface area contributed by atoms with Crippen molar-refractivity contribution in [2.75, 3.05) is 5.73 Å². The van der Waals surface area contributed by atoms with Crippen LogP contribution in [-0.2, 0) is 0 Å². The Balaban J connectivity index is 2.35. The van der Waals surface area contributed by atoms with Crippen molar-refractivity contribution in [2.24, 2.45) is 0 Å². The lowest BCUT2D eigenvalue weighted by atomic mass is 10.2. The molecule has 4 nitrogen and oxygen atoms in total. The van der Waals surface area contributed by atoms with Crippen molar-refractivity contribution in [1.29, 1.82) is 0 Å². The minimum atomic E-state index is 0.297. The fourth-order valence-electron chi connectivity index (χ4n) is 2.38. The van der Waals surface area contributed by atoms with Crippen LogP contribution in [0.1, 0.15) is 19.9 Å². The molecular weight excluding hydrogens is 316 g/mol. The van der Waals surface area contributed by atoms with Gasteiger partial charge in [0.25, 0.3) is 0 Å². The van der Waals surface area contributed by atoms with E-state index in [9.17, 15) is 0 Å². The summed E-state index contributed by atoms with van der Waals surface area (Å²) in [6, 6.07) is 8.05. The van der Waals surface area contributed by atoms with E-state index in [0.29, 0.717) is 6.04 Å². The average molecular weight is 331 g/mol. The highest BCUT2D eigenvalue weighted by Crippen LogP contribution is 2.33. The Morgan fingerprint density at radius 2 is 2.05 bits per heavy atom. The van der Waals surface area contributed by atoms with Gasteiger partial charge in [0.1, 0.15) is 11.3 Å². The summed E-state index contributed by atoms with van der Waals surface area (Å²) in [5.74, 6) is 0.905. The smallest absolute Gasteiger partial charge is 0.142 e. The van der Waals surface area contributed by atoms with Crippen LogP contribution < -0.4 is 5.73 Å². The van der Waals surface area contributed by atoms with E-state index in [4.69, 9.17) is 10.7 Å². The molecule has 0 aliphatic carbocycles. The number of fused-ring (bicyclic) bond motifs is 1. The molecule has 3 aromatic rings. The zero-order chi connectivity index (χ0) is 14.3. The first-order valence-electron chi connectivity index (χ1n) is 6.45. The van der Waals surface area contributed by atoms with Gasteiger partial charge in [-0.3, -0.25) is 4.98 Å². The molecule has 3 rings (SSSR count). The molecule has 0 saturated heterocycles. The summed E-state index contributed by atoms with van der Waals surface area (Å²) < 4.78 is 3.19. The predicted molar refractivity (Wildman–Crippen MR) is 85.5 cm³/mol. The van der Waals surface area contributed by atoms with E-state index >= 15 is 0 Å². The van der Waals surface area contributed by atoms with E-state index in [1.807, 2.05) is 24.3 Å². The van der Waals surface area contributed by atoms with Crippen LogP contribution >= 0.6 is 15.9 Å². The summed E-state index contributed by atoms with van der Waals surface area (Å²) in [6.07, 6.45) is 3.58. The SMILES string of the molecule is CC(C)n1c(-c2cc(N)ccc2Br)nc2cnccc21. The minimum Gasteiger partial charge on any atom is -0.399 e. The van der Waals surface area contributed by atoms with E-state index in [-0.39, 0.29) is 0 Å². The number of hydrogen-bond donors (Lipinski definition) is 1. The lowest BCUT2D eigenvalue weighted by Crippen LogP contribution is -2.03. The van der Waals surface area contributed by atoms with Gasteiger partial charge in [-0.25, -0.2) is 4.98 Å². The minimum absolute atomic E-state index is 0.297. The topological polar surface area (TPSA) is 56.7 Å². The number of anilines is 1. The Morgan fingerprint density at radius 1 is 1.25 bits per heavy atom. The van der Waals surface area contributed by atoms with Gasteiger partial charge in [0, 0.05) is 28.0 Å². The van der Waals surface area contributed by atoms with Gasteiger partial charge >= 0.3 is 0 Å². The van der Waals surface area contributed by atoms with Crippen molar-refractivity contribution in [3.05, 3.63) is 41.1 Å². The Morgan fingerprint density at radius 3 is 2.80 bits per heavy atom. The molecule has 0 atom stereocenters. The third kappa shape index (κ3) is 2.08. The van der Waals surface area contributed by atoms with Crippen LogP contribution in [0.25, 0.3) is 22.4 Å². The highest BCUT2D eigenvalue weighted by atomic mass is 79.9. The number of rotatable bonds is 2. The maximum atomic E-state index is 5.92. The predicted octanol–water partition coefficient (Wildman–Crippen LogP) is 4.02. The number of nitrogen functional groups attached to an aromatic ring is 1. The number of hydrogen-bond acceptors (Lipinski definition) is 3. The second-order valence-electron chi connectivity index (χ2n) is 5.00. The first-order valence-corrected chi connectivity index (χ1v) is 7.24. The standard InChI is InChI=1S/C15H15BrN4/c1-9(2)20-14-5-6-18-8-13(14)19-15(20)11-7-10(17)3-4-12(11)16/h3-9H,17H2,1-2H3. The van der Waals surface area contributed by atoms with Crippen molar-refractivity contribution in [3.8, 4) is 11.4 Å². The van der Waals surface area contributed by atoms with Crippen LogP contribution in [0.3, 0.4) is 0 Å². The molecule has 2 aromatic heterocycles. The zero-order valence-electron chi connectivity index (χ0n) is 11.3. The van der Waals surface area contributed by atoms with E-state index < -0.39 is 0 Å². The number of benzene rings is 1.